The molecule has 2 amide bonds. The van der Waals surface area contributed by atoms with Crippen LogP contribution < -0.4 is 20.2 Å². The van der Waals surface area contributed by atoms with Crippen molar-refractivity contribution in [1.82, 2.24) is 10.7 Å². The molecule has 0 radical (unpaired) electrons. The van der Waals surface area contributed by atoms with Crippen LogP contribution in [-0.2, 0) is 9.59 Å². The van der Waals surface area contributed by atoms with Crippen LogP contribution in [0, 0.1) is 0 Å². The van der Waals surface area contributed by atoms with E-state index in [0.29, 0.717) is 44.7 Å². The molecule has 0 aromatic heterocycles. The molecule has 0 saturated carbocycles. The standard InChI is InChI=1S/C17H19N3O4/c21-16-7-5-13(19-20-16)17(22)18-8-2-1-3-12-4-6-14-15(11-12)24-10-9-23-14/h1,3-4,6,11H,2,5,7-10H2,(H,18,22)(H,20,21)/b3-1+. The second kappa shape index (κ2) is 7.63. The van der Waals surface area contributed by atoms with Gasteiger partial charge in [-0.2, -0.15) is 5.10 Å². The molecule has 7 nitrogen and oxygen atoms in total. The fourth-order valence-electron chi connectivity index (χ4n) is 2.39. The van der Waals surface area contributed by atoms with Crippen molar-refractivity contribution >= 4 is 23.6 Å². The lowest BCUT2D eigenvalue weighted by molar-refractivity contribution is -0.121. The molecule has 0 bridgehead atoms. The smallest absolute Gasteiger partial charge is 0.267 e. The molecule has 0 spiro atoms. The summed E-state index contributed by atoms with van der Waals surface area (Å²) in [5.41, 5.74) is 3.70. The SMILES string of the molecule is O=C1CCC(C(=O)NCC/C=C/c2ccc3c(c2)OCCO3)=NN1. The van der Waals surface area contributed by atoms with Crippen molar-refractivity contribution in [2.45, 2.75) is 19.3 Å². The van der Waals surface area contributed by atoms with Crippen molar-refractivity contribution in [1.29, 1.82) is 0 Å². The van der Waals surface area contributed by atoms with Gasteiger partial charge < -0.3 is 14.8 Å². The molecule has 2 N–H and O–H groups in total. The fourth-order valence-corrected chi connectivity index (χ4v) is 2.39. The van der Waals surface area contributed by atoms with E-state index >= 15 is 0 Å². The van der Waals surface area contributed by atoms with Gasteiger partial charge in [0.05, 0.1) is 0 Å². The minimum atomic E-state index is -0.234. The maximum atomic E-state index is 11.9. The highest BCUT2D eigenvalue weighted by Crippen LogP contribution is 2.31. The molecule has 2 heterocycles. The minimum Gasteiger partial charge on any atom is -0.486 e. The summed E-state index contributed by atoms with van der Waals surface area (Å²) in [7, 11) is 0. The molecule has 126 valence electrons. The summed E-state index contributed by atoms with van der Waals surface area (Å²) in [4.78, 5) is 22.8. The number of hydrogen-bond acceptors (Lipinski definition) is 5. The number of carbonyl (C=O) groups excluding carboxylic acids is 2. The Morgan fingerprint density at radius 1 is 1.25 bits per heavy atom. The highest BCUT2D eigenvalue weighted by Gasteiger charge is 2.17. The van der Waals surface area contributed by atoms with Gasteiger partial charge in [-0.3, -0.25) is 9.59 Å². The van der Waals surface area contributed by atoms with E-state index in [-0.39, 0.29) is 11.8 Å². The predicted molar refractivity (Wildman–Crippen MR) is 88.9 cm³/mol. The van der Waals surface area contributed by atoms with Gasteiger partial charge in [0.25, 0.3) is 5.91 Å². The highest BCUT2D eigenvalue weighted by atomic mass is 16.6. The molecule has 1 aromatic carbocycles. The Hall–Kier alpha value is -2.83. The first kappa shape index (κ1) is 16.0. The normalized spacial score (nSPS) is 16.5. The van der Waals surface area contributed by atoms with Crippen LogP contribution in [0.5, 0.6) is 11.5 Å². The van der Waals surface area contributed by atoms with Crippen molar-refractivity contribution in [3.05, 3.63) is 29.8 Å². The molecule has 24 heavy (non-hydrogen) atoms. The van der Waals surface area contributed by atoms with Crippen molar-refractivity contribution in [3.8, 4) is 11.5 Å². The van der Waals surface area contributed by atoms with Crippen LogP contribution in [0.4, 0.5) is 0 Å². The van der Waals surface area contributed by atoms with Gasteiger partial charge in [0.1, 0.15) is 18.9 Å². The molecule has 0 saturated heterocycles. The monoisotopic (exact) mass is 329 g/mol. The Kier molecular flexibility index (Phi) is 5.10. The number of nitrogens with one attached hydrogen (secondary N) is 2. The van der Waals surface area contributed by atoms with E-state index < -0.39 is 0 Å². The second-order valence-corrected chi connectivity index (χ2v) is 5.44. The zero-order valence-electron chi connectivity index (χ0n) is 13.2. The summed E-state index contributed by atoms with van der Waals surface area (Å²) in [6.45, 7) is 1.65. The number of carbonyl (C=O) groups is 2. The first-order valence-corrected chi connectivity index (χ1v) is 7.92. The van der Waals surface area contributed by atoms with Gasteiger partial charge in [-0.1, -0.05) is 18.2 Å². The lowest BCUT2D eigenvalue weighted by Crippen LogP contribution is -2.37. The number of amides is 2. The van der Waals surface area contributed by atoms with Gasteiger partial charge in [0.15, 0.2) is 11.5 Å². The predicted octanol–water partition coefficient (Wildman–Crippen LogP) is 1.24. The summed E-state index contributed by atoms with van der Waals surface area (Å²) in [5.74, 6) is 1.14. The van der Waals surface area contributed by atoms with E-state index in [1.54, 1.807) is 0 Å². The van der Waals surface area contributed by atoms with Gasteiger partial charge >= 0.3 is 0 Å². The van der Waals surface area contributed by atoms with E-state index in [1.165, 1.54) is 0 Å². The molecule has 1 aromatic rings. The molecule has 3 rings (SSSR count). The average Bonchev–Trinajstić information content (AvgIpc) is 2.61. The van der Waals surface area contributed by atoms with Crippen LogP contribution in [0.2, 0.25) is 0 Å². The maximum absolute atomic E-state index is 11.9. The van der Waals surface area contributed by atoms with Crippen molar-refractivity contribution < 1.29 is 19.1 Å². The molecule has 0 aliphatic carbocycles. The van der Waals surface area contributed by atoms with E-state index in [2.05, 4.69) is 15.8 Å². The molecule has 0 unspecified atom stereocenters. The minimum absolute atomic E-state index is 0.158. The summed E-state index contributed by atoms with van der Waals surface area (Å²) >= 11 is 0. The number of hydrazone groups is 1. The number of rotatable bonds is 5. The van der Waals surface area contributed by atoms with Crippen LogP contribution in [0.3, 0.4) is 0 Å². The topological polar surface area (TPSA) is 89.0 Å². The molecule has 2 aliphatic rings. The molecule has 2 aliphatic heterocycles. The summed E-state index contributed by atoms with van der Waals surface area (Å²) in [6.07, 6.45) is 5.33. The van der Waals surface area contributed by atoms with Gasteiger partial charge in [-0.05, 0) is 24.1 Å². The molecular formula is C17H19N3O4. The Balaban J connectivity index is 1.44. The molecular weight excluding hydrogens is 310 g/mol. The van der Waals surface area contributed by atoms with E-state index in [4.69, 9.17) is 9.47 Å². The fraction of sp³-hybridized carbons (Fsp3) is 0.353. The van der Waals surface area contributed by atoms with Gasteiger partial charge in [0, 0.05) is 19.4 Å². The average molecular weight is 329 g/mol. The van der Waals surface area contributed by atoms with E-state index in [9.17, 15) is 9.59 Å². The van der Waals surface area contributed by atoms with Gasteiger partial charge in [-0.15, -0.1) is 0 Å². The van der Waals surface area contributed by atoms with Crippen molar-refractivity contribution in [3.63, 3.8) is 0 Å². The van der Waals surface area contributed by atoms with Crippen LogP contribution in [0.25, 0.3) is 6.08 Å². The first-order valence-electron chi connectivity index (χ1n) is 7.92. The maximum Gasteiger partial charge on any atom is 0.267 e. The Labute approximate surface area is 139 Å². The van der Waals surface area contributed by atoms with Crippen LogP contribution in [0.15, 0.2) is 29.4 Å². The third kappa shape index (κ3) is 4.13. The number of fused-ring (bicyclic) bond motifs is 1. The summed E-state index contributed by atoms with van der Waals surface area (Å²) in [5, 5.41) is 6.55. The number of hydrogen-bond donors (Lipinski definition) is 2. The number of benzene rings is 1. The van der Waals surface area contributed by atoms with Crippen molar-refractivity contribution in [2.24, 2.45) is 5.10 Å². The third-order valence-electron chi connectivity index (χ3n) is 3.64. The summed E-state index contributed by atoms with van der Waals surface area (Å²) < 4.78 is 11.0. The Morgan fingerprint density at radius 2 is 2.08 bits per heavy atom. The van der Waals surface area contributed by atoms with Crippen LogP contribution >= 0.6 is 0 Å². The first-order chi connectivity index (χ1) is 11.7. The van der Waals surface area contributed by atoms with Crippen LogP contribution in [-0.4, -0.2) is 37.3 Å². The lowest BCUT2D eigenvalue weighted by atomic mass is 10.1. The number of nitrogens with zero attached hydrogens (tertiary/aromatic N) is 1. The molecule has 0 atom stereocenters. The largest absolute Gasteiger partial charge is 0.486 e. The van der Waals surface area contributed by atoms with Crippen molar-refractivity contribution in [2.75, 3.05) is 19.8 Å². The lowest BCUT2D eigenvalue weighted by Gasteiger charge is -2.18. The molecule has 7 heteroatoms. The Morgan fingerprint density at radius 3 is 2.88 bits per heavy atom. The third-order valence-corrected chi connectivity index (χ3v) is 3.64. The van der Waals surface area contributed by atoms with Crippen LogP contribution in [0.1, 0.15) is 24.8 Å². The zero-order chi connectivity index (χ0) is 16.8. The number of ether oxygens (including phenoxy) is 2. The van der Waals surface area contributed by atoms with Gasteiger partial charge in [0.2, 0.25) is 5.91 Å². The Bertz CT molecular complexity index is 697. The highest BCUT2D eigenvalue weighted by molar-refractivity contribution is 6.39. The van der Waals surface area contributed by atoms with E-state index in [0.717, 1.165) is 17.1 Å². The molecule has 0 fully saturated rings. The second-order valence-electron chi connectivity index (χ2n) is 5.44. The summed E-state index contributed by atoms with van der Waals surface area (Å²) in [6, 6.07) is 5.79. The quantitative estimate of drug-likeness (QED) is 0.796. The van der Waals surface area contributed by atoms with E-state index in [1.807, 2.05) is 30.4 Å². The zero-order valence-corrected chi connectivity index (χ0v) is 13.2. The van der Waals surface area contributed by atoms with Gasteiger partial charge in [-0.25, -0.2) is 5.43 Å².